The summed E-state index contributed by atoms with van der Waals surface area (Å²) < 4.78 is 16.8. The van der Waals surface area contributed by atoms with Crippen LogP contribution >= 0.6 is 0 Å². The molecule has 430 valence electrons. The quantitative estimate of drug-likeness (QED) is 0.0261. The van der Waals surface area contributed by atoms with E-state index in [1.54, 1.807) is 0 Å². The van der Waals surface area contributed by atoms with Gasteiger partial charge in [-0.05, 0) is 89.9 Å². The molecule has 0 aromatic heterocycles. The Morgan fingerprint density at radius 3 is 0.757 bits per heavy atom. The molecule has 0 aromatic carbocycles. The van der Waals surface area contributed by atoms with Crippen molar-refractivity contribution in [3.63, 3.8) is 0 Å². The molecule has 0 saturated heterocycles. The summed E-state index contributed by atoms with van der Waals surface area (Å²) in [6.45, 7) is 6.58. The molecular formula is C68H122O6. The first-order valence-electron chi connectivity index (χ1n) is 32.3. The third-order valence-electron chi connectivity index (χ3n) is 14.2. The molecule has 0 N–H and O–H groups in total. The molecule has 6 heteroatoms. The maximum Gasteiger partial charge on any atom is 0.306 e. The van der Waals surface area contributed by atoms with Gasteiger partial charge in [-0.15, -0.1) is 0 Å². The maximum atomic E-state index is 12.8. The van der Waals surface area contributed by atoms with Crippen LogP contribution in [0, 0.1) is 0 Å². The second-order valence-electron chi connectivity index (χ2n) is 21.7. The van der Waals surface area contributed by atoms with Crippen LogP contribution in [0.4, 0.5) is 0 Å². The van der Waals surface area contributed by atoms with Gasteiger partial charge in [-0.1, -0.05) is 287 Å². The third kappa shape index (κ3) is 60.0. The van der Waals surface area contributed by atoms with Crippen LogP contribution in [-0.4, -0.2) is 37.2 Å². The van der Waals surface area contributed by atoms with E-state index in [0.29, 0.717) is 19.3 Å². The summed E-state index contributed by atoms with van der Waals surface area (Å²) in [5, 5.41) is 0. The van der Waals surface area contributed by atoms with E-state index in [0.717, 1.165) is 83.5 Å². The highest BCUT2D eigenvalue weighted by Gasteiger charge is 2.19. The molecule has 0 amide bonds. The molecule has 0 aliphatic heterocycles. The average molecular weight is 1040 g/mol. The van der Waals surface area contributed by atoms with Crippen LogP contribution < -0.4 is 0 Å². The van der Waals surface area contributed by atoms with Crippen molar-refractivity contribution in [1.82, 2.24) is 0 Å². The minimum atomic E-state index is -0.777. The van der Waals surface area contributed by atoms with Crippen molar-refractivity contribution in [2.75, 3.05) is 13.2 Å². The van der Waals surface area contributed by atoms with E-state index in [4.69, 9.17) is 14.2 Å². The zero-order chi connectivity index (χ0) is 53.6. The molecule has 0 aliphatic carbocycles. The number of allylic oxidation sites excluding steroid dienone is 10. The smallest absolute Gasteiger partial charge is 0.306 e. The Balaban J connectivity index is 4.05. The van der Waals surface area contributed by atoms with E-state index in [1.807, 2.05) is 0 Å². The third-order valence-corrected chi connectivity index (χ3v) is 14.2. The van der Waals surface area contributed by atoms with Crippen LogP contribution in [0.2, 0.25) is 0 Å². The lowest BCUT2D eigenvalue weighted by atomic mass is 10.0. The monoisotopic (exact) mass is 1030 g/mol. The largest absolute Gasteiger partial charge is 0.462 e. The normalized spacial score (nSPS) is 12.4. The molecule has 0 radical (unpaired) electrons. The zero-order valence-corrected chi connectivity index (χ0v) is 49.4. The van der Waals surface area contributed by atoms with E-state index in [1.165, 1.54) is 212 Å². The van der Waals surface area contributed by atoms with Crippen LogP contribution in [0.15, 0.2) is 60.8 Å². The van der Waals surface area contributed by atoms with Gasteiger partial charge in [0.05, 0.1) is 0 Å². The minimum absolute atomic E-state index is 0.0768. The highest BCUT2D eigenvalue weighted by atomic mass is 16.6. The zero-order valence-electron chi connectivity index (χ0n) is 49.4. The molecular weight excluding hydrogens is 913 g/mol. The second kappa shape index (κ2) is 62.6. The van der Waals surface area contributed by atoms with Gasteiger partial charge in [0.1, 0.15) is 13.2 Å². The van der Waals surface area contributed by atoms with Crippen molar-refractivity contribution in [2.45, 2.75) is 341 Å². The summed E-state index contributed by atoms with van der Waals surface area (Å²) >= 11 is 0. The van der Waals surface area contributed by atoms with Crippen molar-refractivity contribution in [1.29, 1.82) is 0 Å². The standard InChI is InChI=1S/C68H122O6/c1-4-7-10-13-16-18-20-22-24-26-28-30-31-32-33-34-35-36-37-39-40-42-44-46-48-50-52-55-58-61-67(70)73-64-65(63-72-66(69)60-57-54-15-12-9-6-3)74-68(71)62-59-56-53-51-49-47-45-43-41-38-29-27-25-23-21-19-17-14-11-8-5-2/h20-23,26-29,41,43,65H,4-19,24-25,30-40,42,44-64H2,1-3H3/b22-20-,23-21-,28-26-,29-27-,43-41-. The lowest BCUT2D eigenvalue weighted by Crippen LogP contribution is -2.30. The van der Waals surface area contributed by atoms with Crippen LogP contribution in [0.25, 0.3) is 0 Å². The number of esters is 3. The molecule has 1 unspecified atom stereocenters. The van der Waals surface area contributed by atoms with E-state index >= 15 is 0 Å². The van der Waals surface area contributed by atoms with Crippen molar-refractivity contribution >= 4 is 17.9 Å². The van der Waals surface area contributed by atoms with Crippen molar-refractivity contribution < 1.29 is 28.6 Å². The van der Waals surface area contributed by atoms with Gasteiger partial charge in [-0.2, -0.15) is 0 Å². The minimum Gasteiger partial charge on any atom is -0.462 e. The van der Waals surface area contributed by atoms with Gasteiger partial charge < -0.3 is 14.2 Å². The molecule has 0 spiro atoms. The molecule has 74 heavy (non-hydrogen) atoms. The Bertz CT molecular complexity index is 1330. The highest BCUT2D eigenvalue weighted by Crippen LogP contribution is 2.17. The first-order chi connectivity index (χ1) is 36.5. The molecule has 0 fully saturated rings. The Labute approximate surface area is 460 Å². The number of hydrogen-bond acceptors (Lipinski definition) is 6. The van der Waals surface area contributed by atoms with Gasteiger partial charge in [0.25, 0.3) is 0 Å². The first-order valence-corrected chi connectivity index (χ1v) is 32.3. The molecule has 1 atom stereocenters. The van der Waals surface area contributed by atoms with Gasteiger partial charge in [-0.3, -0.25) is 14.4 Å². The summed E-state index contributed by atoms with van der Waals surface area (Å²) in [6, 6.07) is 0. The van der Waals surface area contributed by atoms with Crippen LogP contribution in [0.1, 0.15) is 335 Å². The summed E-state index contributed by atoms with van der Waals surface area (Å²) in [7, 11) is 0. The number of ether oxygens (including phenoxy) is 3. The van der Waals surface area contributed by atoms with E-state index < -0.39 is 6.10 Å². The molecule has 0 aliphatic rings. The Morgan fingerprint density at radius 1 is 0.270 bits per heavy atom. The molecule has 0 heterocycles. The van der Waals surface area contributed by atoms with Gasteiger partial charge in [0.15, 0.2) is 6.10 Å². The van der Waals surface area contributed by atoms with Gasteiger partial charge in [0, 0.05) is 19.3 Å². The maximum absolute atomic E-state index is 12.8. The lowest BCUT2D eigenvalue weighted by molar-refractivity contribution is -0.167. The number of hydrogen-bond donors (Lipinski definition) is 0. The Hall–Kier alpha value is -2.89. The molecule has 0 bridgehead atoms. The Morgan fingerprint density at radius 2 is 0.486 bits per heavy atom. The van der Waals surface area contributed by atoms with Crippen LogP contribution in [0.3, 0.4) is 0 Å². The van der Waals surface area contributed by atoms with Crippen molar-refractivity contribution in [3.8, 4) is 0 Å². The van der Waals surface area contributed by atoms with Gasteiger partial charge in [0.2, 0.25) is 0 Å². The number of unbranched alkanes of at least 4 members (excludes halogenated alkanes) is 38. The highest BCUT2D eigenvalue weighted by molar-refractivity contribution is 5.71. The SMILES string of the molecule is CCCCCCC/C=C\C/C=C\C/C=C\CCCCCCCCC(=O)OC(COC(=O)CCCCCCCC)COC(=O)CCCCCCCCCCCCCCCCCCC/C=C\C/C=C\CCCCCCC. The van der Waals surface area contributed by atoms with E-state index in [-0.39, 0.29) is 31.1 Å². The predicted octanol–water partition coefficient (Wildman–Crippen LogP) is 21.9. The van der Waals surface area contributed by atoms with Gasteiger partial charge in [-0.25, -0.2) is 0 Å². The first kappa shape index (κ1) is 71.1. The van der Waals surface area contributed by atoms with Crippen LogP contribution in [-0.2, 0) is 28.6 Å². The molecule has 6 nitrogen and oxygen atoms in total. The summed E-state index contributed by atoms with van der Waals surface area (Å²) in [5.41, 5.74) is 0. The molecule has 0 saturated carbocycles. The number of carbonyl (C=O) groups is 3. The summed E-state index contributed by atoms with van der Waals surface area (Å²) in [5.74, 6) is -0.885. The van der Waals surface area contributed by atoms with E-state index in [9.17, 15) is 14.4 Å². The fraction of sp³-hybridized carbons (Fsp3) is 0.809. The van der Waals surface area contributed by atoms with Gasteiger partial charge >= 0.3 is 17.9 Å². The summed E-state index contributed by atoms with van der Waals surface area (Å²) in [6.07, 6.45) is 79.8. The Kier molecular flexibility index (Phi) is 60.2. The van der Waals surface area contributed by atoms with Crippen LogP contribution in [0.5, 0.6) is 0 Å². The average Bonchev–Trinajstić information content (AvgIpc) is 3.40. The molecule has 0 aromatic rings. The van der Waals surface area contributed by atoms with Crippen molar-refractivity contribution in [3.05, 3.63) is 60.8 Å². The van der Waals surface area contributed by atoms with Crippen molar-refractivity contribution in [2.24, 2.45) is 0 Å². The lowest BCUT2D eigenvalue weighted by Gasteiger charge is -2.18. The fourth-order valence-corrected chi connectivity index (χ4v) is 9.36. The fourth-order valence-electron chi connectivity index (χ4n) is 9.36. The number of rotatable bonds is 59. The molecule has 0 rings (SSSR count). The predicted molar refractivity (Wildman–Crippen MR) is 321 cm³/mol. The number of carbonyl (C=O) groups excluding carboxylic acids is 3. The topological polar surface area (TPSA) is 78.9 Å². The van der Waals surface area contributed by atoms with E-state index in [2.05, 4.69) is 81.5 Å². The second-order valence-corrected chi connectivity index (χ2v) is 21.7. The summed E-state index contributed by atoms with van der Waals surface area (Å²) in [4.78, 5) is 38.0.